The van der Waals surface area contributed by atoms with Gasteiger partial charge in [-0.05, 0) is 33.3 Å². The predicted molar refractivity (Wildman–Crippen MR) is 78.8 cm³/mol. The lowest BCUT2D eigenvalue weighted by Crippen LogP contribution is -2.39. The number of ether oxygens (including phenoxy) is 1. The first-order chi connectivity index (χ1) is 9.85. The topological polar surface area (TPSA) is 45.7 Å². The maximum atomic E-state index is 13.2. The molecule has 5 nitrogen and oxygen atoms in total. The van der Waals surface area contributed by atoms with Crippen LogP contribution in [-0.4, -0.2) is 47.8 Å². The molecule has 0 N–H and O–H groups in total. The molecule has 0 aliphatic carbocycles. The molecular formula is C15H22FN3O2. The highest BCUT2D eigenvalue weighted by molar-refractivity contribution is 5.68. The van der Waals surface area contributed by atoms with Crippen molar-refractivity contribution in [1.29, 1.82) is 0 Å². The van der Waals surface area contributed by atoms with Crippen molar-refractivity contribution in [2.45, 2.75) is 32.8 Å². The first kappa shape index (κ1) is 15.5. The van der Waals surface area contributed by atoms with Crippen molar-refractivity contribution in [3.63, 3.8) is 0 Å². The van der Waals surface area contributed by atoms with E-state index >= 15 is 0 Å². The summed E-state index contributed by atoms with van der Waals surface area (Å²) in [5, 5.41) is 0. The van der Waals surface area contributed by atoms with Gasteiger partial charge in [-0.25, -0.2) is 9.78 Å². The summed E-state index contributed by atoms with van der Waals surface area (Å²) >= 11 is 0. The summed E-state index contributed by atoms with van der Waals surface area (Å²) in [5.74, 6) is -0.485. The number of rotatable bonds is 1. The Kier molecular flexibility index (Phi) is 4.65. The Bertz CT molecular complexity index is 502. The fourth-order valence-corrected chi connectivity index (χ4v) is 2.27. The van der Waals surface area contributed by atoms with Gasteiger partial charge in [0.25, 0.3) is 0 Å². The Morgan fingerprint density at radius 2 is 2.05 bits per heavy atom. The fraction of sp³-hybridized carbons (Fsp3) is 0.600. The molecule has 1 aliphatic heterocycles. The van der Waals surface area contributed by atoms with E-state index in [0.717, 1.165) is 18.7 Å². The van der Waals surface area contributed by atoms with Gasteiger partial charge in [-0.1, -0.05) is 0 Å². The SMILES string of the molecule is CC(C)(C)OC(=O)N1CCCN(c2ccnc(F)c2)CC1. The lowest BCUT2D eigenvalue weighted by atomic mass is 10.2. The van der Waals surface area contributed by atoms with Crippen LogP contribution in [0, 0.1) is 5.95 Å². The Balaban J connectivity index is 1.97. The summed E-state index contributed by atoms with van der Waals surface area (Å²) in [6.45, 7) is 8.22. The summed E-state index contributed by atoms with van der Waals surface area (Å²) < 4.78 is 18.6. The van der Waals surface area contributed by atoms with E-state index in [0.29, 0.717) is 19.6 Å². The van der Waals surface area contributed by atoms with Crippen molar-refractivity contribution < 1.29 is 13.9 Å². The molecule has 2 rings (SSSR count). The van der Waals surface area contributed by atoms with Gasteiger partial charge in [0.05, 0.1) is 0 Å². The second-order valence-electron chi connectivity index (χ2n) is 6.14. The molecule has 2 heterocycles. The maximum absolute atomic E-state index is 13.2. The van der Waals surface area contributed by atoms with Crippen LogP contribution in [0.1, 0.15) is 27.2 Å². The zero-order chi connectivity index (χ0) is 15.5. The molecule has 0 unspecified atom stereocenters. The number of nitrogens with zero attached hydrogens (tertiary/aromatic N) is 3. The minimum Gasteiger partial charge on any atom is -0.444 e. The summed E-state index contributed by atoms with van der Waals surface area (Å²) in [7, 11) is 0. The van der Waals surface area contributed by atoms with Crippen LogP contribution < -0.4 is 4.90 Å². The number of anilines is 1. The van der Waals surface area contributed by atoms with Crippen molar-refractivity contribution in [2.24, 2.45) is 0 Å². The molecular weight excluding hydrogens is 273 g/mol. The third-order valence-electron chi connectivity index (χ3n) is 3.22. The molecule has 0 atom stereocenters. The molecule has 1 amide bonds. The molecule has 0 bridgehead atoms. The van der Waals surface area contributed by atoms with E-state index in [2.05, 4.69) is 9.88 Å². The van der Waals surface area contributed by atoms with Crippen molar-refractivity contribution in [3.05, 3.63) is 24.3 Å². The fourth-order valence-electron chi connectivity index (χ4n) is 2.27. The molecule has 116 valence electrons. The van der Waals surface area contributed by atoms with Gasteiger partial charge in [-0.15, -0.1) is 0 Å². The molecule has 0 aromatic carbocycles. The molecule has 1 saturated heterocycles. The van der Waals surface area contributed by atoms with Crippen LogP contribution in [0.4, 0.5) is 14.9 Å². The van der Waals surface area contributed by atoms with Gasteiger partial charge < -0.3 is 14.5 Å². The van der Waals surface area contributed by atoms with Crippen molar-refractivity contribution in [2.75, 3.05) is 31.1 Å². The van der Waals surface area contributed by atoms with Gasteiger partial charge in [0.2, 0.25) is 5.95 Å². The number of hydrogen-bond donors (Lipinski definition) is 0. The standard InChI is InChI=1S/C15H22FN3O2/c1-15(2,3)21-14(20)19-8-4-7-18(9-10-19)12-5-6-17-13(16)11-12/h5-6,11H,4,7-10H2,1-3H3. The number of amides is 1. The summed E-state index contributed by atoms with van der Waals surface area (Å²) in [6, 6.07) is 3.20. The minimum absolute atomic E-state index is 0.287. The van der Waals surface area contributed by atoms with Crippen LogP contribution in [0.25, 0.3) is 0 Å². The number of hydrogen-bond acceptors (Lipinski definition) is 4. The normalized spacial score (nSPS) is 16.6. The highest BCUT2D eigenvalue weighted by Crippen LogP contribution is 2.17. The maximum Gasteiger partial charge on any atom is 0.410 e. The van der Waals surface area contributed by atoms with Crippen LogP contribution in [0.2, 0.25) is 0 Å². The lowest BCUT2D eigenvalue weighted by molar-refractivity contribution is 0.0263. The number of carbonyl (C=O) groups excluding carboxylic acids is 1. The third kappa shape index (κ3) is 4.58. The zero-order valence-electron chi connectivity index (χ0n) is 12.8. The number of aromatic nitrogens is 1. The summed E-state index contributed by atoms with van der Waals surface area (Å²) in [5.41, 5.74) is 0.311. The van der Waals surface area contributed by atoms with Crippen LogP contribution >= 0.6 is 0 Å². The monoisotopic (exact) mass is 295 g/mol. The smallest absolute Gasteiger partial charge is 0.410 e. The van der Waals surface area contributed by atoms with Crippen molar-refractivity contribution in [3.8, 4) is 0 Å². The molecule has 1 aromatic heterocycles. The van der Waals surface area contributed by atoms with Gasteiger partial charge in [-0.2, -0.15) is 4.39 Å². The average molecular weight is 295 g/mol. The van der Waals surface area contributed by atoms with Crippen LogP contribution in [-0.2, 0) is 4.74 Å². The summed E-state index contributed by atoms with van der Waals surface area (Å²) in [4.78, 5) is 19.4. The predicted octanol–water partition coefficient (Wildman–Crippen LogP) is 2.67. The summed E-state index contributed by atoms with van der Waals surface area (Å²) in [6.07, 6.45) is 2.00. The first-order valence-corrected chi connectivity index (χ1v) is 7.19. The van der Waals surface area contributed by atoms with E-state index in [4.69, 9.17) is 4.74 Å². The molecule has 0 radical (unpaired) electrons. The van der Waals surface area contributed by atoms with Crippen molar-refractivity contribution >= 4 is 11.8 Å². The molecule has 1 aliphatic rings. The molecule has 1 fully saturated rings. The van der Waals surface area contributed by atoms with E-state index in [9.17, 15) is 9.18 Å². The second-order valence-corrected chi connectivity index (χ2v) is 6.14. The molecule has 21 heavy (non-hydrogen) atoms. The van der Waals surface area contributed by atoms with E-state index < -0.39 is 11.5 Å². The lowest BCUT2D eigenvalue weighted by Gasteiger charge is -2.26. The quantitative estimate of drug-likeness (QED) is 0.747. The Morgan fingerprint density at radius 3 is 2.71 bits per heavy atom. The van der Waals surface area contributed by atoms with Crippen LogP contribution in [0.15, 0.2) is 18.3 Å². The Labute approximate surface area is 124 Å². The largest absolute Gasteiger partial charge is 0.444 e. The zero-order valence-corrected chi connectivity index (χ0v) is 12.8. The van der Waals surface area contributed by atoms with Crippen LogP contribution in [0.5, 0.6) is 0 Å². The van der Waals surface area contributed by atoms with Gasteiger partial charge in [0, 0.05) is 44.1 Å². The number of halogens is 1. The molecule has 0 spiro atoms. The highest BCUT2D eigenvalue weighted by atomic mass is 19.1. The number of carbonyl (C=O) groups is 1. The van der Waals surface area contributed by atoms with Gasteiger partial charge in [-0.3, -0.25) is 0 Å². The number of pyridine rings is 1. The molecule has 6 heteroatoms. The first-order valence-electron chi connectivity index (χ1n) is 7.19. The van der Waals surface area contributed by atoms with E-state index in [-0.39, 0.29) is 6.09 Å². The van der Waals surface area contributed by atoms with Crippen molar-refractivity contribution in [1.82, 2.24) is 9.88 Å². The van der Waals surface area contributed by atoms with E-state index in [1.54, 1.807) is 11.0 Å². The van der Waals surface area contributed by atoms with Gasteiger partial charge in [0.15, 0.2) is 0 Å². The minimum atomic E-state index is -0.489. The van der Waals surface area contributed by atoms with Crippen LogP contribution in [0.3, 0.4) is 0 Å². The second kappa shape index (κ2) is 6.28. The van der Waals surface area contributed by atoms with Gasteiger partial charge in [0.1, 0.15) is 5.60 Å². The van der Waals surface area contributed by atoms with E-state index in [1.165, 1.54) is 12.3 Å². The molecule has 0 saturated carbocycles. The average Bonchev–Trinajstić information content (AvgIpc) is 2.62. The third-order valence-corrected chi connectivity index (χ3v) is 3.22. The highest BCUT2D eigenvalue weighted by Gasteiger charge is 2.24. The van der Waals surface area contributed by atoms with E-state index in [1.807, 2.05) is 20.8 Å². The van der Waals surface area contributed by atoms with Gasteiger partial charge >= 0.3 is 6.09 Å². The Morgan fingerprint density at radius 1 is 1.29 bits per heavy atom. The molecule has 1 aromatic rings. The Hall–Kier alpha value is -1.85.